The second-order valence-corrected chi connectivity index (χ2v) is 5.31. The molecule has 0 saturated heterocycles. The van der Waals surface area contributed by atoms with Gasteiger partial charge in [0.15, 0.2) is 0 Å². The van der Waals surface area contributed by atoms with Crippen molar-refractivity contribution in [2.75, 3.05) is 27.2 Å². The van der Waals surface area contributed by atoms with Crippen LogP contribution in [0.4, 0.5) is 0 Å². The molecule has 2 N–H and O–H groups in total. The van der Waals surface area contributed by atoms with Crippen molar-refractivity contribution in [3.05, 3.63) is 24.2 Å². The van der Waals surface area contributed by atoms with Crippen LogP contribution in [0.2, 0.25) is 0 Å². The van der Waals surface area contributed by atoms with Crippen LogP contribution < -0.4 is 10.6 Å². The van der Waals surface area contributed by atoms with Crippen molar-refractivity contribution in [1.82, 2.24) is 15.5 Å². The molecule has 0 fully saturated rings. The van der Waals surface area contributed by atoms with Gasteiger partial charge >= 0.3 is 11.8 Å². The van der Waals surface area contributed by atoms with Gasteiger partial charge in [-0.2, -0.15) is 0 Å². The van der Waals surface area contributed by atoms with Gasteiger partial charge in [0.05, 0.1) is 12.3 Å². The monoisotopic (exact) mass is 281 g/mol. The first-order valence-electron chi connectivity index (χ1n) is 6.67. The number of nitrogens with one attached hydrogen (secondary N) is 2. The number of nitrogens with zero attached hydrogens (tertiary/aromatic N) is 1. The quantitative estimate of drug-likeness (QED) is 0.755. The molecule has 0 aliphatic carbocycles. The predicted octanol–water partition coefficient (Wildman–Crippen LogP) is 0.771. The van der Waals surface area contributed by atoms with E-state index < -0.39 is 11.8 Å². The molecule has 0 radical (unpaired) electrons. The molecule has 1 atom stereocenters. The molecule has 0 spiro atoms. The first-order chi connectivity index (χ1) is 9.41. The van der Waals surface area contributed by atoms with E-state index in [0.717, 1.165) is 5.76 Å². The van der Waals surface area contributed by atoms with Gasteiger partial charge in [0.25, 0.3) is 0 Å². The van der Waals surface area contributed by atoms with Gasteiger partial charge < -0.3 is 15.1 Å². The highest BCUT2D eigenvalue weighted by molar-refractivity contribution is 6.35. The second-order valence-electron chi connectivity index (χ2n) is 5.31. The van der Waals surface area contributed by atoms with Crippen LogP contribution in [0, 0.1) is 5.92 Å². The lowest BCUT2D eigenvalue weighted by molar-refractivity contribution is -0.139. The number of hydrogen-bond acceptors (Lipinski definition) is 4. The summed E-state index contributed by atoms with van der Waals surface area (Å²) in [6.07, 6.45) is 1.59. The zero-order valence-electron chi connectivity index (χ0n) is 12.5. The van der Waals surface area contributed by atoms with Crippen molar-refractivity contribution in [3.63, 3.8) is 0 Å². The lowest BCUT2D eigenvalue weighted by atomic mass is 10.2. The fraction of sp³-hybridized carbons (Fsp3) is 0.571. The Labute approximate surface area is 119 Å². The van der Waals surface area contributed by atoms with Crippen molar-refractivity contribution in [2.45, 2.75) is 19.9 Å². The fourth-order valence-corrected chi connectivity index (χ4v) is 1.67. The molecule has 1 aromatic heterocycles. The van der Waals surface area contributed by atoms with Crippen LogP contribution in [0.5, 0.6) is 0 Å². The molecule has 1 aromatic rings. The van der Waals surface area contributed by atoms with Crippen LogP contribution in [0.3, 0.4) is 0 Å². The van der Waals surface area contributed by atoms with E-state index in [4.69, 9.17) is 4.42 Å². The number of carbonyl (C=O) groups is 2. The van der Waals surface area contributed by atoms with Gasteiger partial charge in [-0.25, -0.2) is 0 Å². The number of amides is 2. The van der Waals surface area contributed by atoms with E-state index in [0.29, 0.717) is 19.0 Å². The van der Waals surface area contributed by atoms with Gasteiger partial charge in [0, 0.05) is 13.1 Å². The topological polar surface area (TPSA) is 74.6 Å². The van der Waals surface area contributed by atoms with Crippen LogP contribution in [-0.4, -0.2) is 43.9 Å². The number of furan rings is 1. The molecule has 1 rings (SSSR count). The SMILES string of the molecule is CC(C)CNC(=O)C(=O)NCC(c1ccco1)N(C)C. The summed E-state index contributed by atoms with van der Waals surface area (Å²) in [6, 6.07) is 3.53. The van der Waals surface area contributed by atoms with Crippen LogP contribution in [0.25, 0.3) is 0 Å². The summed E-state index contributed by atoms with van der Waals surface area (Å²) >= 11 is 0. The van der Waals surface area contributed by atoms with E-state index in [-0.39, 0.29) is 6.04 Å². The average Bonchev–Trinajstić information content (AvgIpc) is 2.89. The lowest BCUT2D eigenvalue weighted by Crippen LogP contribution is -2.43. The van der Waals surface area contributed by atoms with Crippen LogP contribution >= 0.6 is 0 Å². The first kappa shape index (κ1) is 16.2. The Morgan fingerprint density at radius 3 is 2.25 bits per heavy atom. The largest absolute Gasteiger partial charge is 0.468 e. The fourth-order valence-electron chi connectivity index (χ4n) is 1.67. The summed E-state index contributed by atoms with van der Waals surface area (Å²) in [4.78, 5) is 25.2. The van der Waals surface area contributed by atoms with Crippen LogP contribution in [0.1, 0.15) is 25.6 Å². The van der Waals surface area contributed by atoms with E-state index in [9.17, 15) is 9.59 Å². The molecule has 0 saturated carbocycles. The lowest BCUT2D eigenvalue weighted by Gasteiger charge is -2.22. The molecule has 1 unspecified atom stereocenters. The third kappa shape index (κ3) is 5.05. The number of likely N-dealkylation sites (N-methyl/N-ethyl adjacent to an activating group) is 1. The Morgan fingerprint density at radius 1 is 1.20 bits per heavy atom. The van der Waals surface area contributed by atoms with Crippen molar-refractivity contribution < 1.29 is 14.0 Å². The minimum atomic E-state index is -0.621. The Morgan fingerprint density at radius 2 is 1.80 bits per heavy atom. The van der Waals surface area contributed by atoms with Crippen molar-refractivity contribution in [3.8, 4) is 0 Å². The maximum Gasteiger partial charge on any atom is 0.309 e. The normalized spacial score (nSPS) is 12.5. The van der Waals surface area contributed by atoms with Crippen molar-refractivity contribution in [2.24, 2.45) is 5.92 Å². The van der Waals surface area contributed by atoms with Crippen LogP contribution in [0.15, 0.2) is 22.8 Å². The molecule has 6 nitrogen and oxygen atoms in total. The second kappa shape index (κ2) is 7.69. The molecular formula is C14H23N3O3. The molecule has 112 valence electrons. The van der Waals surface area contributed by atoms with Gasteiger partial charge in [0.1, 0.15) is 5.76 Å². The molecule has 1 heterocycles. The zero-order valence-corrected chi connectivity index (χ0v) is 12.5. The van der Waals surface area contributed by atoms with Crippen molar-refractivity contribution >= 4 is 11.8 Å². The van der Waals surface area contributed by atoms with Gasteiger partial charge in [-0.1, -0.05) is 13.8 Å². The predicted molar refractivity (Wildman–Crippen MR) is 76.0 cm³/mol. The summed E-state index contributed by atoms with van der Waals surface area (Å²) in [5.74, 6) is -0.165. The maximum absolute atomic E-state index is 11.7. The number of hydrogen-bond donors (Lipinski definition) is 2. The minimum Gasteiger partial charge on any atom is -0.468 e. The molecule has 0 aromatic carbocycles. The van der Waals surface area contributed by atoms with Gasteiger partial charge in [-0.3, -0.25) is 14.5 Å². The van der Waals surface area contributed by atoms with E-state index in [1.807, 2.05) is 38.9 Å². The van der Waals surface area contributed by atoms with Gasteiger partial charge in [-0.05, 0) is 32.1 Å². The van der Waals surface area contributed by atoms with E-state index in [2.05, 4.69) is 10.6 Å². The molecule has 20 heavy (non-hydrogen) atoms. The summed E-state index contributed by atoms with van der Waals surface area (Å²) < 4.78 is 5.34. The zero-order chi connectivity index (χ0) is 15.1. The summed E-state index contributed by atoms with van der Waals surface area (Å²) in [6.45, 7) is 4.74. The highest BCUT2D eigenvalue weighted by Gasteiger charge is 2.20. The Hall–Kier alpha value is -1.82. The maximum atomic E-state index is 11.7. The van der Waals surface area contributed by atoms with E-state index >= 15 is 0 Å². The molecule has 0 aliphatic rings. The standard InChI is InChI=1S/C14H23N3O3/c1-10(2)8-15-13(18)14(19)16-9-11(17(3)4)12-6-5-7-20-12/h5-7,10-11H,8-9H2,1-4H3,(H,15,18)(H,16,19). The van der Waals surface area contributed by atoms with Gasteiger partial charge in [-0.15, -0.1) is 0 Å². The highest BCUT2D eigenvalue weighted by Crippen LogP contribution is 2.17. The Balaban J connectivity index is 2.47. The number of rotatable bonds is 6. The molecule has 0 aliphatic heterocycles. The third-order valence-corrected chi connectivity index (χ3v) is 2.83. The molecular weight excluding hydrogens is 258 g/mol. The van der Waals surface area contributed by atoms with Crippen molar-refractivity contribution in [1.29, 1.82) is 0 Å². The van der Waals surface area contributed by atoms with E-state index in [1.54, 1.807) is 12.3 Å². The summed E-state index contributed by atoms with van der Waals surface area (Å²) in [5.41, 5.74) is 0. The molecule has 0 bridgehead atoms. The summed E-state index contributed by atoms with van der Waals surface area (Å²) in [5, 5.41) is 5.20. The van der Waals surface area contributed by atoms with Crippen LogP contribution in [-0.2, 0) is 9.59 Å². The van der Waals surface area contributed by atoms with Gasteiger partial charge in [0.2, 0.25) is 0 Å². The molecule has 2 amide bonds. The first-order valence-corrected chi connectivity index (χ1v) is 6.67. The third-order valence-electron chi connectivity index (χ3n) is 2.83. The Bertz CT molecular complexity index is 427. The Kier molecular flexibility index (Phi) is 6.24. The highest BCUT2D eigenvalue weighted by atomic mass is 16.3. The van der Waals surface area contributed by atoms with E-state index in [1.165, 1.54) is 0 Å². The molecule has 6 heteroatoms. The number of carbonyl (C=O) groups excluding carboxylic acids is 2. The average molecular weight is 281 g/mol. The summed E-state index contributed by atoms with van der Waals surface area (Å²) in [7, 11) is 3.77. The smallest absolute Gasteiger partial charge is 0.309 e. The minimum absolute atomic E-state index is 0.105.